The van der Waals surface area contributed by atoms with Gasteiger partial charge in [0.25, 0.3) is 0 Å². The maximum absolute atomic E-state index is 8.91. The Labute approximate surface area is 183 Å². The number of aromatic nitrogens is 1. The van der Waals surface area contributed by atoms with Gasteiger partial charge in [0, 0.05) is 11.8 Å². The molecule has 1 aliphatic rings. The van der Waals surface area contributed by atoms with Crippen LogP contribution in [-0.2, 0) is 6.42 Å². The molecule has 0 saturated heterocycles. The number of unbranched alkanes of at least 4 members (excludes halogenated alkanes) is 5. The number of aryl methyl sites for hydroxylation is 1. The molecule has 1 aromatic carbocycles. The molecule has 30 heavy (non-hydrogen) atoms. The monoisotopic (exact) mass is 402 g/mol. The third-order valence-electron chi connectivity index (χ3n) is 6.84. The summed E-state index contributed by atoms with van der Waals surface area (Å²) in [5.74, 6) is 1.91. The molecule has 2 atom stereocenters. The van der Waals surface area contributed by atoms with E-state index in [4.69, 9.17) is 5.26 Å². The molecule has 2 heteroatoms. The van der Waals surface area contributed by atoms with Crippen molar-refractivity contribution in [1.82, 2.24) is 4.98 Å². The summed E-state index contributed by atoms with van der Waals surface area (Å²) < 4.78 is 0. The van der Waals surface area contributed by atoms with E-state index in [0.29, 0.717) is 5.56 Å². The first kappa shape index (κ1) is 22.5. The fourth-order valence-electron chi connectivity index (χ4n) is 4.98. The second-order valence-corrected chi connectivity index (χ2v) is 9.23. The molecule has 0 aliphatic heterocycles. The first-order chi connectivity index (χ1) is 14.8. The fourth-order valence-corrected chi connectivity index (χ4v) is 4.98. The quantitative estimate of drug-likeness (QED) is 0.356. The molecular weight excluding hydrogens is 364 g/mol. The van der Waals surface area contributed by atoms with E-state index < -0.39 is 0 Å². The summed E-state index contributed by atoms with van der Waals surface area (Å²) in [5.41, 5.74) is 4.10. The van der Waals surface area contributed by atoms with Crippen molar-refractivity contribution < 1.29 is 0 Å². The highest BCUT2D eigenvalue weighted by atomic mass is 14.7. The van der Waals surface area contributed by atoms with Crippen LogP contribution in [0.3, 0.4) is 0 Å². The molecule has 1 saturated carbocycles. The van der Waals surface area contributed by atoms with Gasteiger partial charge < -0.3 is 0 Å². The normalized spacial score (nSPS) is 18.8. The average Bonchev–Trinajstić information content (AvgIpc) is 2.81. The Hall–Kier alpha value is -2.14. The summed E-state index contributed by atoms with van der Waals surface area (Å²) >= 11 is 0. The van der Waals surface area contributed by atoms with Gasteiger partial charge in [0.15, 0.2) is 0 Å². The third kappa shape index (κ3) is 7.28. The minimum absolute atomic E-state index is 0.609. The van der Waals surface area contributed by atoms with Crippen molar-refractivity contribution in [2.45, 2.75) is 90.4 Å². The van der Waals surface area contributed by atoms with Crippen molar-refractivity contribution in [1.29, 1.82) is 5.26 Å². The predicted octanol–water partition coefficient (Wildman–Crippen LogP) is 8.11. The number of hydrogen-bond donors (Lipinski definition) is 0. The van der Waals surface area contributed by atoms with Gasteiger partial charge in [-0.3, -0.25) is 4.98 Å². The minimum atomic E-state index is 0.609. The van der Waals surface area contributed by atoms with Gasteiger partial charge in [-0.25, -0.2) is 0 Å². The van der Waals surface area contributed by atoms with Crippen molar-refractivity contribution in [2.75, 3.05) is 0 Å². The molecule has 2 aromatic rings. The minimum Gasteiger partial charge on any atom is -0.255 e. The molecule has 0 bridgehead atoms. The maximum atomic E-state index is 8.91. The highest BCUT2D eigenvalue weighted by Crippen LogP contribution is 2.35. The zero-order valence-electron chi connectivity index (χ0n) is 18.8. The Morgan fingerprint density at radius 3 is 2.33 bits per heavy atom. The summed E-state index contributed by atoms with van der Waals surface area (Å²) in [6.07, 6.45) is 20.0. The van der Waals surface area contributed by atoms with Crippen LogP contribution in [0.2, 0.25) is 0 Å². The molecule has 0 spiro atoms. The van der Waals surface area contributed by atoms with Crippen LogP contribution in [0.4, 0.5) is 0 Å². The van der Waals surface area contributed by atoms with Gasteiger partial charge in [-0.15, -0.1) is 0 Å². The van der Waals surface area contributed by atoms with Gasteiger partial charge >= 0.3 is 0 Å². The van der Waals surface area contributed by atoms with Crippen LogP contribution in [0.25, 0.3) is 11.3 Å². The van der Waals surface area contributed by atoms with Gasteiger partial charge in [-0.05, 0) is 48.8 Å². The standard InChI is InChI=1S/C28H38N2/c1-2-3-4-5-6-7-9-24-10-8-11-25(20-24)13-12-23-14-17-27(18-15-23)28-19-16-26(21-29)22-30-28/h14-19,22,24-25H,2-13,20H2,1H3. The molecule has 2 nitrogen and oxygen atoms in total. The van der Waals surface area contributed by atoms with Crippen molar-refractivity contribution >= 4 is 0 Å². The number of hydrogen-bond acceptors (Lipinski definition) is 2. The van der Waals surface area contributed by atoms with Crippen LogP contribution < -0.4 is 0 Å². The number of rotatable bonds is 11. The number of pyridine rings is 1. The summed E-state index contributed by atoms with van der Waals surface area (Å²) in [7, 11) is 0. The molecule has 0 N–H and O–H groups in total. The molecule has 2 unspecified atom stereocenters. The molecule has 0 radical (unpaired) electrons. The van der Waals surface area contributed by atoms with Crippen molar-refractivity contribution in [3.63, 3.8) is 0 Å². The smallest absolute Gasteiger partial charge is 0.101 e. The lowest BCUT2D eigenvalue weighted by Gasteiger charge is -2.29. The van der Waals surface area contributed by atoms with Crippen LogP contribution >= 0.6 is 0 Å². The van der Waals surface area contributed by atoms with Crippen molar-refractivity contribution in [2.24, 2.45) is 11.8 Å². The summed E-state index contributed by atoms with van der Waals surface area (Å²) in [6.45, 7) is 2.29. The largest absolute Gasteiger partial charge is 0.255 e. The molecule has 3 rings (SSSR count). The van der Waals surface area contributed by atoms with Gasteiger partial charge in [-0.2, -0.15) is 5.26 Å². The number of nitrogens with zero attached hydrogens (tertiary/aromatic N) is 2. The Morgan fingerprint density at radius 2 is 1.63 bits per heavy atom. The lowest BCUT2D eigenvalue weighted by Crippen LogP contribution is -2.16. The Bertz CT molecular complexity index is 770. The summed E-state index contributed by atoms with van der Waals surface area (Å²) in [4.78, 5) is 4.40. The Morgan fingerprint density at radius 1 is 0.900 bits per heavy atom. The van der Waals surface area contributed by atoms with E-state index in [2.05, 4.69) is 42.2 Å². The summed E-state index contributed by atoms with van der Waals surface area (Å²) in [5, 5.41) is 8.91. The van der Waals surface area contributed by atoms with E-state index in [0.717, 1.165) is 23.1 Å². The van der Waals surface area contributed by atoms with Gasteiger partial charge in [0.2, 0.25) is 0 Å². The highest BCUT2D eigenvalue weighted by Gasteiger charge is 2.21. The molecule has 1 fully saturated rings. The van der Waals surface area contributed by atoms with E-state index in [9.17, 15) is 0 Å². The van der Waals surface area contributed by atoms with Crippen LogP contribution in [0.5, 0.6) is 0 Å². The molecule has 160 valence electrons. The average molecular weight is 403 g/mol. The zero-order chi connectivity index (χ0) is 21.0. The van der Waals surface area contributed by atoms with E-state index in [1.165, 1.54) is 89.0 Å². The number of nitriles is 1. The first-order valence-corrected chi connectivity index (χ1v) is 12.2. The van der Waals surface area contributed by atoms with Crippen molar-refractivity contribution in [3.8, 4) is 17.3 Å². The number of benzene rings is 1. The van der Waals surface area contributed by atoms with Crippen LogP contribution in [0.15, 0.2) is 42.6 Å². The topological polar surface area (TPSA) is 36.7 Å². The van der Waals surface area contributed by atoms with Crippen molar-refractivity contribution in [3.05, 3.63) is 53.7 Å². The fraction of sp³-hybridized carbons (Fsp3) is 0.571. The van der Waals surface area contributed by atoms with Gasteiger partial charge in [0.05, 0.1) is 11.3 Å². The van der Waals surface area contributed by atoms with Crippen LogP contribution in [0.1, 0.15) is 95.1 Å². The highest BCUT2D eigenvalue weighted by molar-refractivity contribution is 5.59. The van der Waals surface area contributed by atoms with E-state index in [-0.39, 0.29) is 0 Å². The molecule has 1 aromatic heterocycles. The zero-order valence-corrected chi connectivity index (χ0v) is 18.8. The van der Waals surface area contributed by atoms with E-state index in [1.54, 1.807) is 6.20 Å². The van der Waals surface area contributed by atoms with E-state index in [1.807, 2.05) is 12.1 Å². The van der Waals surface area contributed by atoms with Crippen LogP contribution in [0, 0.1) is 23.2 Å². The second kappa shape index (κ2) is 12.5. The predicted molar refractivity (Wildman–Crippen MR) is 126 cm³/mol. The molecular formula is C28H38N2. The van der Waals surface area contributed by atoms with E-state index >= 15 is 0 Å². The second-order valence-electron chi connectivity index (χ2n) is 9.23. The molecule has 1 aliphatic carbocycles. The van der Waals surface area contributed by atoms with Gasteiger partial charge in [-0.1, -0.05) is 95.4 Å². The third-order valence-corrected chi connectivity index (χ3v) is 6.84. The Kier molecular flexibility index (Phi) is 9.42. The molecule has 1 heterocycles. The Balaban J connectivity index is 1.39. The lowest BCUT2D eigenvalue weighted by atomic mass is 9.77. The molecule has 0 amide bonds. The first-order valence-electron chi connectivity index (χ1n) is 12.2. The van der Waals surface area contributed by atoms with Crippen LogP contribution in [-0.4, -0.2) is 4.98 Å². The summed E-state index contributed by atoms with van der Waals surface area (Å²) in [6, 6.07) is 14.7. The van der Waals surface area contributed by atoms with Gasteiger partial charge in [0.1, 0.15) is 6.07 Å². The lowest BCUT2D eigenvalue weighted by molar-refractivity contribution is 0.239. The maximum Gasteiger partial charge on any atom is 0.101 e. The SMILES string of the molecule is CCCCCCCCC1CCCC(CCc2ccc(-c3ccc(C#N)cn3)cc2)C1.